The summed E-state index contributed by atoms with van der Waals surface area (Å²) in [6.07, 6.45) is 1.67. The van der Waals surface area contributed by atoms with Crippen molar-refractivity contribution in [3.05, 3.63) is 29.8 Å². The van der Waals surface area contributed by atoms with Crippen molar-refractivity contribution in [2.75, 3.05) is 32.7 Å². The first-order valence-corrected chi connectivity index (χ1v) is 9.36. The van der Waals surface area contributed by atoms with Crippen LogP contribution >= 0.6 is 0 Å². The number of amides is 1. The van der Waals surface area contributed by atoms with Gasteiger partial charge in [0.2, 0.25) is 5.91 Å². The number of benzene rings is 1. The second-order valence-corrected chi connectivity index (χ2v) is 6.76. The van der Waals surface area contributed by atoms with Gasteiger partial charge in [-0.1, -0.05) is 19.1 Å². The number of carbonyl (C=O) groups is 2. The number of alkyl halides is 2. The lowest BCUT2D eigenvalue weighted by Gasteiger charge is -2.37. The van der Waals surface area contributed by atoms with Crippen molar-refractivity contribution in [1.82, 2.24) is 15.1 Å². The minimum absolute atomic E-state index is 0.0444. The van der Waals surface area contributed by atoms with E-state index in [0.717, 1.165) is 31.5 Å². The van der Waals surface area contributed by atoms with Crippen molar-refractivity contribution in [3.8, 4) is 5.75 Å². The van der Waals surface area contributed by atoms with Gasteiger partial charge in [0, 0.05) is 25.7 Å². The quantitative estimate of drug-likeness (QED) is 0.624. The molecule has 1 aliphatic heterocycles. The molecule has 2 rings (SSSR count). The van der Waals surface area contributed by atoms with Crippen LogP contribution in [0, 0.1) is 0 Å². The first-order chi connectivity index (χ1) is 13.4. The van der Waals surface area contributed by atoms with Crippen LogP contribution in [0.2, 0.25) is 0 Å². The standard InChI is InChI=1S/C19H27F2N3O4/c1-2-24(13-18(26)27)15-7-9-23(10-8-15)12-17(25)22-11-14-3-5-16(6-4-14)28-19(20)21/h3-6,15,19H,2,7-13H2,1H3,(H,22,25)(H,26,27). The van der Waals surface area contributed by atoms with Crippen LogP contribution in [-0.4, -0.2) is 72.2 Å². The summed E-state index contributed by atoms with van der Waals surface area (Å²) in [5.74, 6) is -0.848. The molecule has 28 heavy (non-hydrogen) atoms. The summed E-state index contributed by atoms with van der Waals surface area (Å²) in [7, 11) is 0. The van der Waals surface area contributed by atoms with E-state index in [1.807, 2.05) is 11.8 Å². The number of likely N-dealkylation sites (N-methyl/N-ethyl adjacent to an activating group) is 1. The number of rotatable bonds is 10. The molecule has 1 saturated heterocycles. The molecule has 0 unspecified atom stereocenters. The summed E-state index contributed by atoms with van der Waals surface area (Å²) in [5, 5.41) is 11.8. The number of nitrogens with one attached hydrogen (secondary N) is 1. The van der Waals surface area contributed by atoms with Crippen molar-refractivity contribution in [2.24, 2.45) is 0 Å². The number of likely N-dealkylation sites (tertiary alicyclic amines) is 1. The lowest BCUT2D eigenvalue weighted by atomic mass is 10.0. The molecule has 0 aliphatic carbocycles. The molecule has 0 bridgehead atoms. The van der Waals surface area contributed by atoms with Gasteiger partial charge in [-0.3, -0.25) is 19.4 Å². The fourth-order valence-corrected chi connectivity index (χ4v) is 3.36. The van der Waals surface area contributed by atoms with Crippen LogP contribution in [0.15, 0.2) is 24.3 Å². The number of nitrogens with zero attached hydrogens (tertiary/aromatic N) is 2. The number of halogens is 2. The minimum Gasteiger partial charge on any atom is -0.480 e. The van der Waals surface area contributed by atoms with Gasteiger partial charge in [0.1, 0.15) is 5.75 Å². The third-order valence-electron chi connectivity index (χ3n) is 4.82. The van der Waals surface area contributed by atoms with E-state index in [4.69, 9.17) is 5.11 Å². The number of ether oxygens (including phenoxy) is 1. The third-order valence-corrected chi connectivity index (χ3v) is 4.82. The smallest absolute Gasteiger partial charge is 0.387 e. The Bertz CT molecular complexity index is 635. The highest BCUT2D eigenvalue weighted by Crippen LogP contribution is 2.17. The highest BCUT2D eigenvalue weighted by atomic mass is 19.3. The molecule has 7 nitrogen and oxygen atoms in total. The molecule has 156 valence electrons. The monoisotopic (exact) mass is 399 g/mol. The first kappa shape index (κ1) is 22.0. The highest BCUT2D eigenvalue weighted by molar-refractivity contribution is 5.78. The van der Waals surface area contributed by atoms with Gasteiger partial charge in [-0.15, -0.1) is 0 Å². The van der Waals surface area contributed by atoms with E-state index in [2.05, 4.69) is 15.0 Å². The Labute approximate surface area is 163 Å². The second kappa shape index (κ2) is 10.9. The topological polar surface area (TPSA) is 82.1 Å². The van der Waals surface area contributed by atoms with Crippen LogP contribution in [-0.2, 0) is 16.1 Å². The zero-order chi connectivity index (χ0) is 20.5. The summed E-state index contributed by atoms with van der Waals surface area (Å²) >= 11 is 0. The molecule has 9 heteroatoms. The van der Waals surface area contributed by atoms with Gasteiger partial charge in [0.25, 0.3) is 0 Å². The van der Waals surface area contributed by atoms with E-state index in [1.54, 1.807) is 12.1 Å². The Morgan fingerprint density at radius 1 is 1.29 bits per heavy atom. The molecule has 1 heterocycles. The molecule has 0 spiro atoms. The maximum atomic E-state index is 12.1. The van der Waals surface area contributed by atoms with E-state index in [-0.39, 0.29) is 30.8 Å². The third kappa shape index (κ3) is 7.40. The van der Waals surface area contributed by atoms with Crippen molar-refractivity contribution >= 4 is 11.9 Å². The number of hydrogen-bond donors (Lipinski definition) is 2. The van der Waals surface area contributed by atoms with E-state index in [9.17, 15) is 18.4 Å². The molecule has 2 N–H and O–H groups in total. The molecule has 1 aromatic carbocycles. The lowest BCUT2D eigenvalue weighted by Crippen LogP contribution is -2.48. The van der Waals surface area contributed by atoms with Gasteiger partial charge in [0.05, 0.1) is 13.1 Å². The van der Waals surface area contributed by atoms with Crippen LogP contribution in [0.25, 0.3) is 0 Å². The van der Waals surface area contributed by atoms with Crippen molar-refractivity contribution < 1.29 is 28.2 Å². The van der Waals surface area contributed by atoms with E-state index in [0.29, 0.717) is 13.1 Å². The van der Waals surface area contributed by atoms with Gasteiger partial charge in [-0.05, 0) is 37.1 Å². The Kier molecular flexibility index (Phi) is 8.59. The van der Waals surface area contributed by atoms with Gasteiger partial charge >= 0.3 is 12.6 Å². The molecule has 1 aromatic rings. The van der Waals surface area contributed by atoms with Crippen LogP contribution in [0.3, 0.4) is 0 Å². The first-order valence-electron chi connectivity index (χ1n) is 9.36. The zero-order valence-electron chi connectivity index (χ0n) is 15.9. The molecule has 0 saturated carbocycles. The molecular formula is C19H27F2N3O4. The summed E-state index contributed by atoms with van der Waals surface area (Å²) in [6, 6.07) is 6.37. The average molecular weight is 399 g/mol. The van der Waals surface area contributed by atoms with Crippen LogP contribution in [0.4, 0.5) is 8.78 Å². The Morgan fingerprint density at radius 2 is 1.93 bits per heavy atom. The predicted octanol–water partition coefficient (Wildman–Crippen LogP) is 1.78. The maximum absolute atomic E-state index is 12.1. The van der Waals surface area contributed by atoms with Crippen LogP contribution in [0.5, 0.6) is 5.75 Å². The molecule has 1 amide bonds. The molecule has 0 aromatic heterocycles. The molecule has 1 fully saturated rings. The highest BCUT2D eigenvalue weighted by Gasteiger charge is 2.25. The second-order valence-electron chi connectivity index (χ2n) is 6.76. The molecule has 1 aliphatic rings. The van der Waals surface area contributed by atoms with Gasteiger partial charge < -0.3 is 15.2 Å². The van der Waals surface area contributed by atoms with E-state index < -0.39 is 12.6 Å². The van der Waals surface area contributed by atoms with Crippen molar-refractivity contribution in [3.63, 3.8) is 0 Å². The summed E-state index contributed by atoms with van der Waals surface area (Å²) in [6.45, 7) is 1.91. The zero-order valence-corrected chi connectivity index (χ0v) is 15.9. The number of carbonyl (C=O) groups excluding carboxylic acids is 1. The fraction of sp³-hybridized carbons (Fsp3) is 0.579. The Morgan fingerprint density at radius 3 is 2.46 bits per heavy atom. The fourth-order valence-electron chi connectivity index (χ4n) is 3.36. The Balaban J connectivity index is 1.70. The van der Waals surface area contributed by atoms with Crippen molar-refractivity contribution in [1.29, 1.82) is 0 Å². The van der Waals surface area contributed by atoms with E-state index >= 15 is 0 Å². The van der Waals surface area contributed by atoms with Gasteiger partial charge in [-0.2, -0.15) is 8.78 Å². The number of carboxylic acid groups (broad SMARTS) is 1. The van der Waals surface area contributed by atoms with E-state index in [1.165, 1.54) is 12.1 Å². The van der Waals surface area contributed by atoms with Gasteiger partial charge in [0.15, 0.2) is 0 Å². The van der Waals surface area contributed by atoms with Crippen LogP contribution in [0.1, 0.15) is 25.3 Å². The van der Waals surface area contributed by atoms with Gasteiger partial charge in [-0.25, -0.2) is 0 Å². The maximum Gasteiger partial charge on any atom is 0.387 e. The molecular weight excluding hydrogens is 372 g/mol. The van der Waals surface area contributed by atoms with Crippen molar-refractivity contribution in [2.45, 2.75) is 39.0 Å². The lowest BCUT2D eigenvalue weighted by molar-refractivity contribution is -0.139. The minimum atomic E-state index is -2.86. The number of piperidine rings is 1. The molecule has 0 radical (unpaired) electrons. The molecule has 0 atom stereocenters. The average Bonchev–Trinajstić information content (AvgIpc) is 2.66. The van der Waals surface area contributed by atoms with Crippen LogP contribution < -0.4 is 10.1 Å². The normalized spacial score (nSPS) is 15.8. The summed E-state index contributed by atoms with van der Waals surface area (Å²) < 4.78 is 28.5. The SMILES string of the molecule is CCN(CC(=O)O)C1CCN(CC(=O)NCc2ccc(OC(F)F)cc2)CC1. The number of carboxylic acids is 1. The largest absolute Gasteiger partial charge is 0.480 e. The predicted molar refractivity (Wildman–Crippen MR) is 99.3 cm³/mol. The number of hydrogen-bond acceptors (Lipinski definition) is 5. The summed E-state index contributed by atoms with van der Waals surface area (Å²) in [4.78, 5) is 27.1. The Hall–Kier alpha value is -2.26. The number of aliphatic carboxylic acids is 1. The summed E-state index contributed by atoms with van der Waals surface area (Å²) in [5.41, 5.74) is 0.793.